The third kappa shape index (κ3) is 7.83. The molecule has 0 spiro atoms. The van der Waals surface area contributed by atoms with E-state index < -0.39 is 77.7 Å². The van der Waals surface area contributed by atoms with Gasteiger partial charge in [0.1, 0.15) is 26.9 Å². The van der Waals surface area contributed by atoms with Crippen LogP contribution in [-0.2, 0) is 40.5 Å². The predicted octanol–water partition coefficient (Wildman–Crippen LogP) is 6.67. The van der Waals surface area contributed by atoms with Crippen molar-refractivity contribution in [2.45, 2.75) is 26.5 Å². The van der Waals surface area contributed by atoms with Gasteiger partial charge in [0.25, 0.3) is 30.4 Å². The van der Waals surface area contributed by atoms with Crippen LogP contribution in [0.4, 0.5) is 22.7 Å². The van der Waals surface area contributed by atoms with E-state index in [-0.39, 0.29) is 32.4 Å². The van der Waals surface area contributed by atoms with Gasteiger partial charge >= 0.3 is 10.1 Å². The molecule has 20 heteroatoms. The standard InChI is InChI=1S/C33H25N3O13S4/c1-19-7-9-21(10-8-19)53(47,48)49-31-18-23(51(41,42)43)16-27-25(31)12-14-29(33(27)52(44,45)46)35-36-32-26-15-22(50(38,39)40)17-30(37)24(26)11-13-28(32)34-20-5-3-2-4-6-20/h2-18,34,37H,1H3,(H,38,39,40)(H,41,42,43)(H,44,45,46). The Labute approximate surface area is 302 Å². The molecular weight excluding hydrogens is 775 g/mol. The van der Waals surface area contributed by atoms with Crippen molar-refractivity contribution < 1.29 is 56.6 Å². The van der Waals surface area contributed by atoms with Gasteiger partial charge in [-0.15, -0.1) is 10.2 Å². The fourth-order valence-electron chi connectivity index (χ4n) is 5.29. The quantitative estimate of drug-likeness (QED) is 0.0550. The fourth-order valence-corrected chi connectivity index (χ4v) is 8.10. The number of aromatic hydroxyl groups is 1. The molecule has 0 aliphatic rings. The minimum Gasteiger partial charge on any atom is -0.507 e. The summed E-state index contributed by atoms with van der Waals surface area (Å²) in [6.45, 7) is 1.70. The van der Waals surface area contributed by atoms with Crippen molar-refractivity contribution in [3.8, 4) is 11.5 Å². The Balaban J connectivity index is 1.61. The van der Waals surface area contributed by atoms with Gasteiger partial charge in [0.15, 0.2) is 5.75 Å². The lowest BCUT2D eigenvalue weighted by Gasteiger charge is -2.15. The third-order valence-electron chi connectivity index (χ3n) is 7.73. The van der Waals surface area contributed by atoms with Crippen LogP contribution in [0.25, 0.3) is 21.5 Å². The van der Waals surface area contributed by atoms with E-state index in [2.05, 4.69) is 15.5 Å². The molecule has 0 aromatic heterocycles. The van der Waals surface area contributed by atoms with Gasteiger partial charge in [-0.2, -0.15) is 33.7 Å². The largest absolute Gasteiger partial charge is 0.507 e. The SMILES string of the molecule is Cc1ccc(S(=O)(=O)Oc2cc(S(=O)(=O)O)cc3c(S(=O)(=O)O)c(N=Nc4c(Nc5ccccc5)ccc5c(O)cc(S(=O)(=O)O)cc45)ccc23)cc1. The number of phenolic OH excluding ortho intramolecular Hbond substituents is 1. The molecule has 0 saturated carbocycles. The molecule has 0 aliphatic heterocycles. The molecule has 0 radical (unpaired) electrons. The van der Waals surface area contributed by atoms with Gasteiger partial charge < -0.3 is 14.6 Å². The van der Waals surface area contributed by atoms with Crippen LogP contribution in [0.2, 0.25) is 0 Å². The zero-order chi connectivity index (χ0) is 38.5. The molecule has 274 valence electrons. The molecule has 0 amide bonds. The highest BCUT2D eigenvalue weighted by atomic mass is 32.2. The van der Waals surface area contributed by atoms with Crippen molar-refractivity contribution in [3.05, 3.63) is 109 Å². The van der Waals surface area contributed by atoms with Crippen molar-refractivity contribution in [3.63, 3.8) is 0 Å². The number of benzene rings is 6. The molecule has 0 fully saturated rings. The van der Waals surface area contributed by atoms with E-state index in [1.807, 2.05) is 0 Å². The summed E-state index contributed by atoms with van der Waals surface area (Å²) in [4.78, 5) is -3.14. The van der Waals surface area contributed by atoms with Crippen LogP contribution in [0.5, 0.6) is 11.5 Å². The molecule has 0 heterocycles. The molecule has 0 unspecified atom stereocenters. The van der Waals surface area contributed by atoms with Crippen molar-refractivity contribution in [1.29, 1.82) is 0 Å². The Kier molecular flexibility index (Phi) is 9.49. The average Bonchev–Trinajstić information content (AvgIpc) is 3.06. The van der Waals surface area contributed by atoms with Crippen LogP contribution in [0.15, 0.2) is 133 Å². The van der Waals surface area contributed by atoms with Gasteiger partial charge in [-0.05, 0) is 67.6 Å². The second-order valence-electron chi connectivity index (χ2n) is 11.4. The molecule has 5 N–H and O–H groups in total. The first-order valence-electron chi connectivity index (χ1n) is 14.8. The number of hydrogen-bond acceptors (Lipinski definition) is 13. The summed E-state index contributed by atoms with van der Waals surface area (Å²) in [6.07, 6.45) is 0. The number of phenols is 1. The summed E-state index contributed by atoms with van der Waals surface area (Å²) >= 11 is 0. The Morgan fingerprint density at radius 2 is 1.19 bits per heavy atom. The number of anilines is 2. The van der Waals surface area contributed by atoms with E-state index in [0.717, 1.165) is 24.3 Å². The second kappa shape index (κ2) is 13.5. The molecule has 6 aromatic carbocycles. The van der Waals surface area contributed by atoms with Crippen molar-refractivity contribution in [2.24, 2.45) is 10.2 Å². The highest BCUT2D eigenvalue weighted by molar-refractivity contribution is 7.87. The van der Waals surface area contributed by atoms with Crippen LogP contribution in [0.1, 0.15) is 5.56 Å². The Hall–Kier alpha value is -5.48. The summed E-state index contributed by atoms with van der Waals surface area (Å²) < 4.78 is 136. The first kappa shape index (κ1) is 37.3. The summed E-state index contributed by atoms with van der Waals surface area (Å²) in [5, 5.41) is 20.8. The van der Waals surface area contributed by atoms with Crippen LogP contribution in [0, 0.1) is 6.92 Å². The third-order valence-corrected chi connectivity index (χ3v) is 11.6. The predicted molar refractivity (Wildman–Crippen MR) is 192 cm³/mol. The lowest BCUT2D eigenvalue weighted by atomic mass is 10.1. The van der Waals surface area contributed by atoms with Crippen LogP contribution >= 0.6 is 0 Å². The highest BCUT2D eigenvalue weighted by Gasteiger charge is 2.27. The fraction of sp³-hybridized carbons (Fsp3) is 0.0303. The van der Waals surface area contributed by atoms with E-state index in [1.54, 1.807) is 37.3 Å². The number of hydrogen-bond donors (Lipinski definition) is 5. The normalized spacial score (nSPS) is 12.8. The number of aryl methyl sites for hydroxylation is 1. The smallest absolute Gasteiger partial charge is 0.339 e. The van der Waals surface area contributed by atoms with Crippen LogP contribution in [-0.4, -0.2) is 52.4 Å². The van der Waals surface area contributed by atoms with Crippen molar-refractivity contribution in [1.82, 2.24) is 0 Å². The number of azo groups is 1. The number of nitrogens with zero attached hydrogens (tertiary/aromatic N) is 2. The highest BCUT2D eigenvalue weighted by Crippen LogP contribution is 2.44. The van der Waals surface area contributed by atoms with Gasteiger partial charge in [-0.25, -0.2) is 0 Å². The second-order valence-corrected chi connectivity index (χ2v) is 17.1. The van der Waals surface area contributed by atoms with Gasteiger partial charge in [0, 0.05) is 39.4 Å². The first-order valence-corrected chi connectivity index (χ1v) is 20.5. The first-order chi connectivity index (χ1) is 24.7. The zero-order valence-electron chi connectivity index (χ0n) is 26.8. The molecule has 53 heavy (non-hydrogen) atoms. The summed E-state index contributed by atoms with van der Waals surface area (Å²) in [6, 6.07) is 21.9. The Morgan fingerprint density at radius 1 is 0.585 bits per heavy atom. The summed E-state index contributed by atoms with van der Waals surface area (Å²) in [5.41, 5.74) is 0.517. The zero-order valence-corrected chi connectivity index (χ0v) is 30.1. The minimum absolute atomic E-state index is 0.0350. The minimum atomic E-state index is -5.38. The molecule has 16 nitrogen and oxygen atoms in total. The molecule has 0 atom stereocenters. The van der Waals surface area contributed by atoms with E-state index in [4.69, 9.17) is 4.18 Å². The maximum atomic E-state index is 13.2. The van der Waals surface area contributed by atoms with Crippen molar-refractivity contribution in [2.75, 3.05) is 5.32 Å². The number of rotatable bonds is 10. The average molecular weight is 800 g/mol. The van der Waals surface area contributed by atoms with Gasteiger partial charge in [0.2, 0.25) is 0 Å². The summed E-state index contributed by atoms with van der Waals surface area (Å²) in [5.74, 6) is -1.31. The van der Waals surface area contributed by atoms with Gasteiger partial charge in [-0.3, -0.25) is 13.7 Å². The number of para-hydroxylation sites is 1. The van der Waals surface area contributed by atoms with E-state index >= 15 is 0 Å². The molecule has 0 saturated heterocycles. The van der Waals surface area contributed by atoms with Gasteiger partial charge in [-0.1, -0.05) is 35.9 Å². The van der Waals surface area contributed by atoms with Crippen molar-refractivity contribution >= 4 is 84.8 Å². The lowest BCUT2D eigenvalue weighted by Crippen LogP contribution is -2.11. The summed E-state index contributed by atoms with van der Waals surface area (Å²) in [7, 11) is -20.1. The maximum Gasteiger partial charge on any atom is 0.339 e. The Morgan fingerprint density at radius 3 is 1.81 bits per heavy atom. The monoisotopic (exact) mass is 799 g/mol. The number of nitrogens with one attached hydrogen (secondary N) is 1. The van der Waals surface area contributed by atoms with Gasteiger partial charge in [0.05, 0.1) is 15.5 Å². The van der Waals surface area contributed by atoms with E-state index in [0.29, 0.717) is 23.4 Å². The van der Waals surface area contributed by atoms with E-state index in [9.17, 15) is 52.4 Å². The molecule has 6 aromatic rings. The lowest BCUT2D eigenvalue weighted by molar-refractivity contribution is 0.471. The maximum absolute atomic E-state index is 13.2. The Bertz CT molecular complexity index is 2940. The van der Waals surface area contributed by atoms with Crippen LogP contribution in [0.3, 0.4) is 0 Å². The molecule has 6 rings (SSSR count). The molecule has 0 bridgehead atoms. The number of fused-ring (bicyclic) bond motifs is 2. The van der Waals surface area contributed by atoms with E-state index in [1.165, 1.54) is 36.4 Å². The molecular formula is C33H25N3O13S4. The van der Waals surface area contributed by atoms with Crippen LogP contribution < -0.4 is 9.50 Å². The molecule has 0 aliphatic carbocycles. The topological polar surface area (TPSA) is 263 Å².